The number of carbonyl (C=O) groups is 1. The SMILES string of the molecule is Cc1cccc(N2CCN(CCC(=O)N(C)CCC(N)C(C)C)CC2)c1. The van der Waals surface area contributed by atoms with Crippen LogP contribution in [0.15, 0.2) is 24.3 Å². The number of benzene rings is 1. The molecule has 0 saturated carbocycles. The van der Waals surface area contributed by atoms with Crippen LogP contribution in [0, 0.1) is 12.8 Å². The van der Waals surface area contributed by atoms with Gasteiger partial charge in [-0.3, -0.25) is 9.69 Å². The van der Waals surface area contributed by atoms with Crippen LogP contribution >= 0.6 is 0 Å². The molecule has 1 atom stereocenters. The van der Waals surface area contributed by atoms with Gasteiger partial charge in [-0.25, -0.2) is 0 Å². The number of nitrogens with two attached hydrogens (primary N) is 1. The van der Waals surface area contributed by atoms with Gasteiger partial charge in [-0.1, -0.05) is 26.0 Å². The van der Waals surface area contributed by atoms with Crippen LogP contribution in [0.2, 0.25) is 0 Å². The molecular formula is C21H36N4O. The van der Waals surface area contributed by atoms with Gasteiger partial charge in [-0.2, -0.15) is 0 Å². The van der Waals surface area contributed by atoms with Crippen molar-refractivity contribution in [2.75, 3.05) is 51.2 Å². The highest BCUT2D eigenvalue weighted by molar-refractivity contribution is 5.76. The molecule has 146 valence electrons. The average molecular weight is 361 g/mol. The van der Waals surface area contributed by atoms with Crippen molar-refractivity contribution in [2.24, 2.45) is 11.7 Å². The summed E-state index contributed by atoms with van der Waals surface area (Å²) in [6, 6.07) is 8.85. The zero-order chi connectivity index (χ0) is 19.1. The molecule has 1 aromatic rings. The van der Waals surface area contributed by atoms with E-state index >= 15 is 0 Å². The molecule has 0 bridgehead atoms. The number of aryl methyl sites for hydroxylation is 1. The zero-order valence-corrected chi connectivity index (χ0v) is 16.9. The maximum absolute atomic E-state index is 12.3. The van der Waals surface area contributed by atoms with E-state index in [1.807, 2.05) is 11.9 Å². The topological polar surface area (TPSA) is 52.8 Å². The second-order valence-electron chi connectivity index (χ2n) is 7.93. The summed E-state index contributed by atoms with van der Waals surface area (Å²) in [5.74, 6) is 0.685. The number of hydrogen-bond acceptors (Lipinski definition) is 4. The van der Waals surface area contributed by atoms with Crippen LogP contribution in [0.1, 0.15) is 32.3 Å². The summed E-state index contributed by atoms with van der Waals surface area (Å²) in [6.07, 6.45) is 1.47. The Balaban J connectivity index is 1.68. The molecule has 0 aromatic heterocycles. The maximum atomic E-state index is 12.3. The summed E-state index contributed by atoms with van der Waals surface area (Å²) in [5.41, 5.74) is 8.68. The summed E-state index contributed by atoms with van der Waals surface area (Å²) in [6.45, 7) is 12.1. The minimum Gasteiger partial charge on any atom is -0.369 e. The molecule has 1 fully saturated rings. The van der Waals surface area contributed by atoms with E-state index in [9.17, 15) is 4.79 Å². The summed E-state index contributed by atoms with van der Waals surface area (Å²) in [4.78, 5) is 19.0. The summed E-state index contributed by atoms with van der Waals surface area (Å²) < 4.78 is 0. The van der Waals surface area contributed by atoms with Crippen LogP contribution in [-0.4, -0.2) is 68.1 Å². The Labute approximate surface area is 159 Å². The molecule has 1 unspecified atom stereocenters. The van der Waals surface area contributed by atoms with E-state index in [0.29, 0.717) is 12.3 Å². The van der Waals surface area contributed by atoms with Crippen LogP contribution in [0.4, 0.5) is 5.69 Å². The molecule has 0 spiro atoms. The highest BCUT2D eigenvalue weighted by Crippen LogP contribution is 2.17. The van der Waals surface area contributed by atoms with Crippen LogP contribution < -0.4 is 10.6 Å². The van der Waals surface area contributed by atoms with Gasteiger partial charge in [0.1, 0.15) is 0 Å². The van der Waals surface area contributed by atoms with Crippen molar-refractivity contribution in [1.29, 1.82) is 0 Å². The van der Waals surface area contributed by atoms with Crippen LogP contribution in [-0.2, 0) is 4.79 Å². The van der Waals surface area contributed by atoms with E-state index in [4.69, 9.17) is 5.73 Å². The molecular weight excluding hydrogens is 324 g/mol. The first-order valence-corrected chi connectivity index (χ1v) is 9.90. The normalized spacial score (nSPS) is 16.8. The van der Waals surface area contributed by atoms with Crippen LogP contribution in [0.3, 0.4) is 0 Å². The predicted molar refractivity (Wildman–Crippen MR) is 110 cm³/mol. The molecule has 0 aliphatic carbocycles. The van der Waals surface area contributed by atoms with Gasteiger partial charge in [0.05, 0.1) is 0 Å². The molecule has 1 aliphatic heterocycles. The maximum Gasteiger partial charge on any atom is 0.223 e. The van der Waals surface area contributed by atoms with Gasteiger partial charge in [-0.15, -0.1) is 0 Å². The number of carbonyl (C=O) groups excluding carboxylic acids is 1. The lowest BCUT2D eigenvalue weighted by Gasteiger charge is -2.36. The minimum absolute atomic E-state index is 0.167. The first-order chi connectivity index (χ1) is 12.4. The van der Waals surface area contributed by atoms with Gasteiger partial charge in [-0.05, 0) is 37.0 Å². The second kappa shape index (κ2) is 9.93. The standard InChI is InChI=1S/C21H36N4O/c1-17(2)20(22)8-10-23(4)21(26)9-11-24-12-14-25(15-13-24)19-7-5-6-18(3)16-19/h5-7,16-17,20H,8-15,22H2,1-4H3. The van der Waals surface area contributed by atoms with Gasteiger partial charge >= 0.3 is 0 Å². The number of rotatable bonds is 8. The fraction of sp³-hybridized carbons (Fsp3) is 0.667. The first-order valence-electron chi connectivity index (χ1n) is 9.90. The third-order valence-corrected chi connectivity index (χ3v) is 5.46. The Bertz CT molecular complexity index is 567. The third kappa shape index (κ3) is 6.29. The van der Waals surface area contributed by atoms with E-state index in [1.165, 1.54) is 11.3 Å². The highest BCUT2D eigenvalue weighted by atomic mass is 16.2. The van der Waals surface area contributed by atoms with E-state index in [0.717, 1.165) is 45.7 Å². The highest BCUT2D eigenvalue weighted by Gasteiger charge is 2.19. The van der Waals surface area contributed by atoms with E-state index in [2.05, 4.69) is 54.8 Å². The Hall–Kier alpha value is -1.59. The molecule has 2 rings (SSSR count). The minimum atomic E-state index is 0.167. The molecule has 5 heteroatoms. The fourth-order valence-corrected chi connectivity index (χ4v) is 3.30. The zero-order valence-electron chi connectivity index (χ0n) is 16.9. The third-order valence-electron chi connectivity index (χ3n) is 5.46. The Morgan fingerprint density at radius 3 is 2.54 bits per heavy atom. The smallest absolute Gasteiger partial charge is 0.223 e. The van der Waals surface area contributed by atoms with Gasteiger partial charge in [0.2, 0.25) is 5.91 Å². The predicted octanol–water partition coefficient (Wildman–Crippen LogP) is 2.34. The molecule has 1 aliphatic rings. The van der Waals surface area contributed by atoms with Crippen molar-refractivity contribution in [3.8, 4) is 0 Å². The monoisotopic (exact) mass is 360 g/mol. The average Bonchev–Trinajstić information content (AvgIpc) is 2.64. The van der Waals surface area contributed by atoms with Crippen molar-refractivity contribution < 1.29 is 4.79 Å². The molecule has 5 nitrogen and oxygen atoms in total. The molecule has 1 saturated heterocycles. The number of hydrogen-bond donors (Lipinski definition) is 1. The summed E-state index contributed by atoms with van der Waals surface area (Å²) >= 11 is 0. The number of piperazine rings is 1. The largest absolute Gasteiger partial charge is 0.369 e. The van der Waals surface area contributed by atoms with Crippen molar-refractivity contribution in [1.82, 2.24) is 9.80 Å². The Kier molecular flexibility index (Phi) is 7.91. The van der Waals surface area contributed by atoms with Gasteiger partial charge in [0, 0.05) is 64.5 Å². The molecule has 1 aromatic carbocycles. The number of nitrogens with zero attached hydrogens (tertiary/aromatic N) is 3. The number of anilines is 1. The molecule has 1 amide bonds. The molecule has 26 heavy (non-hydrogen) atoms. The van der Waals surface area contributed by atoms with E-state index in [-0.39, 0.29) is 11.9 Å². The molecule has 0 radical (unpaired) electrons. The van der Waals surface area contributed by atoms with Crippen molar-refractivity contribution >= 4 is 11.6 Å². The van der Waals surface area contributed by atoms with Gasteiger partial charge in [0.15, 0.2) is 0 Å². The second-order valence-corrected chi connectivity index (χ2v) is 7.93. The lowest BCUT2D eigenvalue weighted by Crippen LogP contribution is -2.47. The van der Waals surface area contributed by atoms with E-state index in [1.54, 1.807) is 0 Å². The van der Waals surface area contributed by atoms with E-state index < -0.39 is 0 Å². The van der Waals surface area contributed by atoms with Gasteiger partial charge < -0.3 is 15.5 Å². The van der Waals surface area contributed by atoms with Crippen LogP contribution in [0.25, 0.3) is 0 Å². The summed E-state index contributed by atoms with van der Waals surface area (Å²) in [5, 5.41) is 0. The van der Waals surface area contributed by atoms with Crippen molar-refractivity contribution in [3.05, 3.63) is 29.8 Å². The van der Waals surface area contributed by atoms with Crippen molar-refractivity contribution in [3.63, 3.8) is 0 Å². The Morgan fingerprint density at radius 2 is 1.92 bits per heavy atom. The van der Waals surface area contributed by atoms with Crippen molar-refractivity contribution in [2.45, 2.75) is 39.7 Å². The number of amides is 1. The lowest BCUT2D eigenvalue weighted by atomic mass is 10.0. The molecule has 2 N–H and O–H groups in total. The quantitative estimate of drug-likeness (QED) is 0.773. The summed E-state index contributed by atoms with van der Waals surface area (Å²) in [7, 11) is 1.89. The lowest BCUT2D eigenvalue weighted by molar-refractivity contribution is -0.130. The molecule has 1 heterocycles. The first kappa shape index (κ1) is 20.7. The fourth-order valence-electron chi connectivity index (χ4n) is 3.30. The van der Waals surface area contributed by atoms with Crippen LogP contribution in [0.5, 0.6) is 0 Å². The van der Waals surface area contributed by atoms with Gasteiger partial charge in [0.25, 0.3) is 0 Å². The Morgan fingerprint density at radius 1 is 1.23 bits per heavy atom.